The van der Waals surface area contributed by atoms with E-state index in [0.717, 1.165) is 12.0 Å². The van der Waals surface area contributed by atoms with Crippen molar-refractivity contribution in [2.75, 3.05) is 20.2 Å². The van der Waals surface area contributed by atoms with Crippen molar-refractivity contribution in [3.05, 3.63) is 65.7 Å². The summed E-state index contributed by atoms with van der Waals surface area (Å²) in [6.45, 7) is 5.01. The van der Waals surface area contributed by atoms with Gasteiger partial charge in [0.15, 0.2) is 0 Å². The molecule has 0 bridgehead atoms. The summed E-state index contributed by atoms with van der Waals surface area (Å²) in [5.74, 6) is -0.548. The molecule has 1 saturated heterocycles. The zero-order valence-electron chi connectivity index (χ0n) is 18.7. The molecule has 2 aromatic rings. The molecule has 3 unspecified atom stereocenters. The summed E-state index contributed by atoms with van der Waals surface area (Å²) >= 11 is 0. The number of rotatable bonds is 7. The minimum atomic E-state index is -3.72. The highest BCUT2D eigenvalue weighted by Crippen LogP contribution is 2.27. The molecule has 1 fully saturated rings. The second-order valence-corrected chi connectivity index (χ2v) is 10.5. The SMILES string of the molecule is COC(=O)C(Cc1ccccc1)NC(=O)c1cccc(S(=O)(=O)N2CC(C)CC(C)C2)c1. The van der Waals surface area contributed by atoms with Crippen LogP contribution in [0.3, 0.4) is 0 Å². The third-order valence-corrected chi connectivity index (χ3v) is 7.47. The van der Waals surface area contributed by atoms with Crippen molar-refractivity contribution < 1.29 is 22.7 Å². The van der Waals surface area contributed by atoms with Crippen LogP contribution in [0.5, 0.6) is 0 Å². The minimum absolute atomic E-state index is 0.0733. The summed E-state index contributed by atoms with van der Waals surface area (Å²) in [5, 5.41) is 2.68. The molecule has 2 aromatic carbocycles. The molecule has 172 valence electrons. The van der Waals surface area contributed by atoms with Gasteiger partial charge in [0.05, 0.1) is 12.0 Å². The molecule has 0 spiro atoms. The number of hydrogen-bond acceptors (Lipinski definition) is 5. The Morgan fingerprint density at radius 1 is 1.06 bits per heavy atom. The van der Waals surface area contributed by atoms with Crippen molar-refractivity contribution in [2.45, 2.75) is 37.6 Å². The number of esters is 1. The summed E-state index contributed by atoms with van der Waals surface area (Å²) in [6, 6.07) is 14.3. The van der Waals surface area contributed by atoms with Crippen molar-refractivity contribution in [3.8, 4) is 0 Å². The topological polar surface area (TPSA) is 92.8 Å². The van der Waals surface area contributed by atoms with E-state index in [2.05, 4.69) is 5.32 Å². The van der Waals surface area contributed by atoms with Crippen molar-refractivity contribution in [2.24, 2.45) is 11.8 Å². The molecule has 1 aliphatic heterocycles. The Kier molecular flexibility index (Phi) is 7.69. The van der Waals surface area contributed by atoms with E-state index in [1.807, 2.05) is 44.2 Å². The third kappa shape index (κ3) is 5.75. The Hall–Kier alpha value is -2.71. The number of carbonyl (C=O) groups is 2. The number of methoxy groups -OCH3 is 1. The highest BCUT2D eigenvalue weighted by molar-refractivity contribution is 7.89. The molecule has 1 amide bonds. The first-order valence-electron chi connectivity index (χ1n) is 10.7. The monoisotopic (exact) mass is 458 g/mol. The van der Waals surface area contributed by atoms with Crippen LogP contribution in [0, 0.1) is 11.8 Å². The van der Waals surface area contributed by atoms with Crippen LogP contribution in [0.15, 0.2) is 59.5 Å². The first-order chi connectivity index (χ1) is 15.2. The van der Waals surface area contributed by atoms with E-state index in [9.17, 15) is 18.0 Å². The zero-order valence-corrected chi connectivity index (χ0v) is 19.5. The molecule has 3 rings (SSSR count). The van der Waals surface area contributed by atoms with Crippen LogP contribution in [0.1, 0.15) is 36.2 Å². The van der Waals surface area contributed by atoms with Gasteiger partial charge in [-0.15, -0.1) is 0 Å². The molecular weight excluding hydrogens is 428 g/mol. The Bertz CT molecular complexity index is 1050. The van der Waals surface area contributed by atoms with Crippen LogP contribution in [0.4, 0.5) is 0 Å². The molecule has 0 radical (unpaired) electrons. The van der Waals surface area contributed by atoms with Gasteiger partial charge in [-0.1, -0.05) is 50.2 Å². The number of sulfonamides is 1. The third-order valence-electron chi connectivity index (χ3n) is 5.64. The number of carbonyl (C=O) groups excluding carboxylic acids is 2. The van der Waals surface area contributed by atoms with Crippen LogP contribution in [-0.2, 0) is 26.0 Å². The normalized spacial score (nSPS) is 20.3. The number of nitrogens with zero attached hydrogens (tertiary/aromatic N) is 1. The van der Waals surface area contributed by atoms with E-state index in [4.69, 9.17) is 4.74 Å². The van der Waals surface area contributed by atoms with E-state index in [-0.39, 0.29) is 28.7 Å². The number of ether oxygens (including phenoxy) is 1. The highest BCUT2D eigenvalue weighted by Gasteiger charge is 2.32. The Morgan fingerprint density at radius 2 is 1.72 bits per heavy atom. The summed E-state index contributed by atoms with van der Waals surface area (Å²) in [5.41, 5.74) is 1.04. The molecule has 1 aliphatic rings. The number of piperidine rings is 1. The lowest BCUT2D eigenvalue weighted by molar-refractivity contribution is -0.142. The van der Waals surface area contributed by atoms with Gasteiger partial charge in [0.2, 0.25) is 10.0 Å². The summed E-state index contributed by atoms with van der Waals surface area (Å²) in [4.78, 5) is 25.2. The van der Waals surface area contributed by atoms with Crippen LogP contribution >= 0.6 is 0 Å². The van der Waals surface area contributed by atoms with E-state index >= 15 is 0 Å². The van der Waals surface area contributed by atoms with Crippen molar-refractivity contribution in [1.82, 2.24) is 9.62 Å². The average molecular weight is 459 g/mol. The fourth-order valence-corrected chi connectivity index (χ4v) is 5.90. The predicted octanol–water partition coefficient (Wildman–Crippen LogP) is 2.87. The van der Waals surface area contributed by atoms with Crippen LogP contribution < -0.4 is 5.32 Å². The van der Waals surface area contributed by atoms with Gasteiger partial charge in [0.25, 0.3) is 5.91 Å². The second kappa shape index (κ2) is 10.3. The molecule has 8 heteroatoms. The van der Waals surface area contributed by atoms with Crippen molar-refractivity contribution >= 4 is 21.9 Å². The van der Waals surface area contributed by atoms with Gasteiger partial charge >= 0.3 is 5.97 Å². The molecule has 0 saturated carbocycles. The van der Waals surface area contributed by atoms with Gasteiger partial charge in [-0.3, -0.25) is 4.79 Å². The minimum Gasteiger partial charge on any atom is -0.467 e. The van der Waals surface area contributed by atoms with Crippen molar-refractivity contribution in [3.63, 3.8) is 0 Å². The lowest BCUT2D eigenvalue weighted by atomic mass is 9.94. The maximum Gasteiger partial charge on any atom is 0.328 e. The van der Waals surface area contributed by atoms with Gasteiger partial charge in [-0.2, -0.15) is 4.31 Å². The highest BCUT2D eigenvalue weighted by atomic mass is 32.2. The molecule has 1 N–H and O–H groups in total. The number of benzene rings is 2. The molecule has 3 atom stereocenters. The Balaban J connectivity index is 1.79. The predicted molar refractivity (Wildman–Crippen MR) is 122 cm³/mol. The quantitative estimate of drug-likeness (QED) is 0.644. The van der Waals surface area contributed by atoms with E-state index in [1.165, 1.54) is 29.6 Å². The molecule has 32 heavy (non-hydrogen) atoms. The maximum atomic E-state index is 13.2. The molecule has 1 heterocycles. The largest absolute Gasteiger partial charge is 0.467 e. The van der Waals surface area contributed by atoms with Gasteiger partial charge in [-0.05, 0) is 42.0 Å². The van der Waals surface area contributed by atoms with Gasteiger partial charge in [-0.25, -0.2) is 13.2 Å². The molecular formula is C24H30N2O5S. The number of amides is 1. The fraction of sp³-hybridized carbons (Fsp3) is 0.417. The van der Waals surface area contributed by atoms with Crippen molar-refractivity contribution in [1.29, 1.82) is 0 Å². The van der Waals surface area contributed by atoms with Gasteiger partial charge in [0, 0.05) is 25.1 Å². The van der Waals surface area contributed by atoms with Crippen LogP contribution in [0.25, 0.3) is 0 Å². The summed E-state index contributed by atoms with van der Waals surface area (Å²) in [6.07, 6.45) is 1.26. The molecule has 0 aliphatic carbocycles. The summed E-state index contributed by atoms with van der Waals surface area (Å²) in [7, 11) is -2.46. The first kappa shape index (κ1) is 23.9. The lowest BCUT2D eigenvalue weighted by Crippen LogP contribution is -2.43. The molecule has 0 aromatic heterocycles. The van der Waals surface area contributed by atoms with Gasteiger partial charge in [0.1, 0.15) is 6.04 Å². The fourth-order valence-electron chi connectivity index (χ4n) is 4.18. The van der Waals surface area contributed by atoms with Crippen LogP contribution in [-0.4, -0.2) is 50.8 Å². The lowest BCUT2D eigenvalue weighted by Gasteiger charge is -2.34. The zero-order chi connectivity index (χ0) is 23.3. The Morgan fingerprint density at radius 3 is 2.34 bits per heavy atom. The molecule has 7 nitrogen and oxygen atoms in total. The van der Waals surface area contributed by atoms with E-state index in [0.29, 0.717) is 13.1 Å². The standard InChI is InChI=1S/C24H30N2O5S/c1-17-12-18(2)16-26(15-17)32(29,30)21-11-7-10-20(14-21)23(27)25-22(24(28)31-3)13-19-8-5-4-6-9-19/h4-11,14,17-18,22H,12-13,15-16H2,1-3H3,(H,25,27). The van der Waals surface area contributed by atoms with E-state index < -0.39 is 27.9 Å². The Labute approximate surface area is 189 Å². The number of nitrogens with one attached hydrogen (secondary N) is 1. The maximum absolute atomic E-state index is 13.2. The second-order valence-electron chi connectivity index (χ2n) is 8.53. The van der Waals surface area contributed by atoms with E-state index in [1.54, 1.807) is 6.07 Å². The average Bonchev–Trinajstić information content (AvgIpc) is 2.78. The smallest absolute Gasteiger partial charge is 0.328 e. The first-order valence-corrected chi connectivity index (χ1v) is 12.2. The number of hydrogen-bond donors (Lipinski definition) is 1. The van der Waals surface area contributed by atoms with Crippen LogP contribution in [0.2, 0.25) is 0 Å². The summed E-state index contributed by atoms with van der Waals surface area (Å²) < 4.78 is 32.7. The van der Waals surface area contributed by atoms with Gasteiger partial charge < -0.3 is 10.1 Å².